The maximum Gasteiger partial charge on any atom is 0.411 e. The molecule has 0 saturated heterocycles. The number of anilines is 1. The van der Waals surface area contributed by atoms with Crippen molar-refractivity contribution >= 4 is 22.7 Å². The molecule has 0 saturated carbocycles. The van der Waals surface area contributed by atoms with Crippen molar-refractivity contribution in [2.75, 3.05) is 11.9 Å². The van der Waals surface area contributed by atoms with Crippen molar-refractivity contribution in [1.82, 2.24) is 0 Å². The molecule has 1 amide bonds. The molecule has 0 unspecified atom stereocenters. The number of hydrogen-bond donors (Lipinski definition) is 1. The van der Waals surface area contributed by atoms with E-state index in [2.05, 4.69) is 12.2 Å². The molecular weight excluding hydrogens is 258 g/mol. The van der Waals surface area contributed by atoms with Gasteiger partial charge < -0.3 is 9.15 Å². The van der Waals surface area contributed by atoms with Crippen molar-refractivity contribution in [3.63, 3.8) is 0 Å². The number of hydrogen-bond acceptors (Lipinski definition) is 4. The molecule has 1 radical (unpaired) electrons. The van der Waals surface area contributed by atoms with E-state index in [-0.39, 0.29) is 0 Å². The minimum Gasteiger partial charge on any atom is -0.450 e. The highest BCUT2D eigenvalue weighted by atomic mass is 16.5. The van der Waals surface area contributed by atoms with Crippen LogP contribution < -0.4 is 10.9 Å². The number of benzene rings is 1. The van der Waals surface area contributed by atoms with Crippen LogP contribution in [0.1, 0.15) is 18.1 Å². The van der Waals surface area contributed by atoms with Crippen molar-refractivity contribution < 1.29 is 13.9 Å². The maximum absolute atomic E-state index is 11.8. The minimum absolute atomic E-state index is 0.292. The summed E-state index contributed by atoms with van der Waals surface area (Å²) in [4.78, 5) is 23.2. The average Bonchev–Trinajstić information content (AvgIpc) is 2.39. The van der Waals surface area contributed by atoms with Crippen LogP contribution in [0.3, 0.4) is 0 Å². The highest BCUT2D eigenvalue weighted by Crippen LogP contribution is 2.23. The molecule has 2 rings (SSSR count). The highest BCUT2D eigenvalue weighted by molar-refractivity contribution is 5.90. The quantitative estimate of drug-likeness (QED) is 0.873. The third-order valence-corrected chi connectivity index (χ3v) is 3.06. The molecule has 0 aliphatic heterocycles. The fourth-order valence-electron chi connectivity index (χ4n) is 2.05. The Morgan fingerprint density at radius 2 is 2.20 bits per heavy atom. The molecule has 1 N–H and O–H groups in total. The van der Waals surface area contributed by atoms with Gasteiger partial charge in [0.25, 0.3) is 0 Å². The monoisotopic (exact) mass is 274 g/mol. The summed E-state index contributed by atoms with van der Waals surface area (Å²) in [5.74, 6) is 0. The summed E-state index contributed by atoms with van der Waals surface area (Å²) in [6, 6.07) is 5.14. The number of rotatable bonds is 3. The van der Waals surface area contributed by atoms with E-state index in [9.17, 15) is 9.59 Å². The SMILES string of the molecule is [CH2]Cc1c(C)c2ccc(NC(=O)OCC)cc2oc1=O. The molecule has 0 bridgehead atoms. The van der Waals surface area contributed by atoms with Gasteiger partial charge in [-0.15, -0.1) is 0 Å². The standard InChI is InChI=1S/C15H16NO4/c1-4-11-9(3)12-7-6-10(16-15(18)19-5-2)8-13(12)20-14(11)17/h6-8H,1,4-5H2,2-3H3,(H,16,18). The van der Waals surface area contributed by atoms with Gasteiger partial charge in [0.15, 0.2) is 0 Å². The predicted octanol–water partition coefficient (Wildman–Crippen LogP) is 3.05. The first-order chi connectivity index (χ1) is 9.56. The number of amides is 1. The summed E-state index contributed by atoms with van der Waals surface area (Å²) >= 11 is 0. The van der Waals surface area contributed by atoms with Crippen LogP contribution in [-0.4, -0.2) is 12.7 Å². The van der Waals surface area contributed by atoms with E-state index in [0.717, 1.165) is 10.9 Å². The van der Waals surface area contributed by atoms with Crippen LogP contribution in [0.5, 0.6) is 0 Å². The Kier molecular flexibility index (Phi) is 4.08. The lowest BCUT2D eigenvalue weighted by atomic mass is 10.0. The third-order valence-electron chi connectivity index (χ3n) is 3.06. The molecule has 20 heavy (non-hydrogen) atoms. The van der Waals surface area contributed by atoms with Crippen LogP contribution in [0, 0.1) is 13.8 Å². The summed E-state index contributed by atoms with van der Waals surface area (Å²) in [7, 11) is 0. The van der Waals surface area contributed by atoms with Gasteiger partial charge >= 0.3 is 11.7 Å². The maximum atomic E-state index is 11.8. The van der Waals surface area contributed by atoms with E-state index in [4.69, 9.17) is 9.15 Å². The molecule has 105 valence electrons. The molecule has 0 atom stereocenters. The van der Waals surface area contributed by atoms with Gasteiger partial charge in [0.1, 0.15) is 5.58 Å². The van der Waals surface area contributed by atoms with Gasteiger partial charge in [0, 0.05) is 22.7 Å². The van der Waals surface area contributed by atoms with Crippen LogP contribution in [0.2, 0.25) is 0 Å². The normalized spacial score (nSPS) is 10.6. The molecule has 1 aromatic carbocycles. The molecular formula is C15H16NO4. The summed E-state index contributed by atoms with van der Waals surface area (Å²) in [6.07, 6.45) is -0.160. The van der Waals surface area contributed by atoms with Crippen molar-refractivity contribution in [1.29, 1.82) is 0 Å². The van der Waals surface area contributed by atoms with Crippen LogP contribution in [0.15, 0.2) is 27.4 Å². The van der Waals surface area contributed by atoms with Gasteiger partial charge in [-0.1, -0.05) is 0 Å². The van der Waals surface area contributed by atoms with E-state index in [0.29, 0.717) is 29.9 Å². The molecule has 0 spiro atoms. The first-order valence-corrected chi connectivity index (χ1v) is 6.36. The Morgan fingerprint density at radius 1 is 1.45 bits per heavy atom. The van der Waals surface area contributed by atoms with Gasteiger partial charge in [-0.05, 0) is 44.9 Å². The zero-order valence-electron chi connectivity index (χ0n) is 11.5. The largest absolute Gasteiger partial charge is 0.450 e. The molecule has 0 fully saturated rings. The number of aryl methyl sites for hydroxylation is 1. The van der Waals surface area contributed by atoms with E-state index in [1.165, 1.54) is 0 Å². The van der Waals surface area contributed by atoms with Gasteiger partial charge in [-0.25, -0.2) is 9.59 Å². The topological polar surface area (TPSA) is 68.5 Å². The van der Waals surface area contributed by atoms with Crippen LogP contribution in [0.25, 0.3) is 11.0 Å². The second kappa shape index (κ2) is 5.77. The zero-order valence-corrected chi connectivity index (χ0v) is 11.5. The smallest absolute Gasteiger partial charge is 0.411 e. The minimum atomic E-state index is -0.541. The Morgan fingerprint density at radius 3 is 2.85 bits per heavy atom. The fraction of sp³-hybridized carbons (Fsp3) is 0.267. The third kappa shape index (κ3) is 2.66. The molecule has 1 aromatic heterocycles. The van der Waals surface area contributed by atoms with Gasteiger partial charge in [-0.3, -0.25) is 5.32 Å². The van der Waals surface area contributed by atoms with Gasteiger partial charge in [0.05, 0.1) is 6.61 Å². The van der Waals surface area contributed by atoms with Crippen LogP contribution >= 0.6 is 0 Å². The van der Waals surface area contributed by atoms with Crippen LogP contribution in [0.4, 0.5) is 10.5 Å². The van der Waals surface area contributed by atoms with Gasteiger partial charge in [-0.2, -0.15) is 0 Å². The van der Waals surface area contributed by atoms with Gasteiger partial charge in [0.2, 0.25) is 0 Å². The van der Waals surface area contributed by atoms with E-state index < -0.39 is 11.7 Å². The Balaban J connectivity index is 2.45. The number of fused-ring (bicyclic) bond motifs is 1. The first kappa shape index (κ1) is 14.1. The Labute approximate surface area is 116 Å². The molecule has 5 nitrogen and oxygen atoms in total. The fourth-order valence-corrected chi connectivity index (χ4v) is 2.05. The van der Waals surface area contributed by atoms with Crippen molar-refractivity contribution in [3.05, 3.63) is 46.7 Å². The second-order valence-electron chi connectivity index (χ2n) is 4.30. The number of nitrogens with one attached hydrogen (secondary N) is 1. The first-order valence-electron chi connectivity index (χ1n) is 6.36. The van der Waals surface area contributed by atoms with E-state index in [1.54, 1.807) is 25.1 Å². The zero-order chi connectivity index (χ0) is 14.7. The lowest BCUT2D eigenvalue weighted by Gasteiger charge is -2.08. The van der Waals surface area contributed by atoms with Crippen molar-refractivity contribution in [3.8, 4) is 0 Å². The lowest BCUT2D eigenvalue weighted by molar-refractivity contribution is 0.168. The summed E-state index contributed by atoms with van der Waals surface area (Å²) in [6.45, 7) is 7.60. The molecule has 0 aliphatic carbocycles. The summed E-state index contributed by atoms with van der Waals surface area (Å²) in [5, 5.41) is 3.40. The molecule has 5 heteroatoms. The summed E-state index contributed by atoms with van der Waals surface area (Å²) in [5.41, 5.74) is 1.98. The van der Waals surface area contributed by atoms with Crippen molar-refractivity contribution in [2.45, 2.75) is 20.3 Å². The van der Waals surface area contributed by atoms with Crippen LogP contribution in [-0.2, 0) is 11.2 Å². The predicted molar refractivity (Wildman–Crippen MR) is 76.9 cm³/mol. The summed E-state index contributed by atoms with van der Waals surface area (Å²) < 4.78 is 10.1. The lowest BCUT2D eigenvalue weighted by Crippen LogP contribution is -2.13. The van der Waals surface area contributed by atoms with E-state index in [1.807, 2.05) is 6.92 Å². The number of carbonyl (C=O) groups excluding carboxylic acids is 1. The Bertz CT molecular complexity index is 703. The molecule has 2 aromatic rings. The molecule has 0 aliphatic rings. The van der Waals surface area contributed by atoms with Crippen molar-refractivity contribution in [2.24, 2.45) is 0 Å². The number of ether oxygens (including phenoxy) is 1. The highest BCUT2D eigenvalue weighted by Gasteiger charge is 2.11. The Hall–Kier alpha value is -2.30. The molecule has 1 heterocycles. The average molecular weight is 274 g/mol. The number of carbonyl (C=O) groups is 1. The van der Waals surface area contributed by atoms with E-state index >= 15 is 0 Å². The second-order valence-corrected chi connectivity index (χ2v) is 4.30.